The Morgan fingerprint density at radius 1 is 1.29 bits per heavy atom. The second-order valence-electron chi connectivity index (χ2n) is 7.06. The van der Waals surface area contributed by atoms with Gasteiger partial charge in [-0.1, -0.05) is 41.9 Å². The zero-order valence-corrected chi connectivity index (χ0v) is 19.7. The Morgan fingerprint density at radius 2 is 2.03 bits per heavy atom. The van der Waals surface area contributed by atoms with Crippen LogP contribution in [0.4, 0.5) is 4.39 Å². The molecule has 0 atom stereocenters. The van der Waals surface area contributed by atoms with Gasteiger partial charge in [-0.15, -0.1) is 0 Å². The fraction of sp³-hybridized carbons (Fsp3) is 0.227. The number of amides is 1. The predicted octanol–water partition coefficient (Wildman–Crippen LogP) is 2.82. The van der Waals surface area contributed by atoms with E-state index in [9.17, 15) is 9.18 Å². The number of nitrogens with two attached hydrogens (primary N) is 2. The normalized spacial score (nSPS) is 14.4. The van der Waals surface area contributed by atoms with Crippen LogP contribution in [0.1, 0.15) is 11.1 Å². The number of hydrogen-bond donors (Lipinski definition) is 4. The highest BCUT2D eigenvalue weighted by Gasteiger charge is 2.21. The van der Waals surface area contributed by atoms with Gasteiger partial charge in [-0.3, -0.25) is 4.79 Å². The van der Waals surface area contributed by atoms with E-state index in [1.807, 2.05) is 35.2 Å². The minimum Gasteiger partial charge on any atom is -0.394 e. The summed E-state index contributed by atoms with van der Waals surface area (Å²) in [7, 11) is 0. The molecule has 164 valence electrons. The fourth-order valence-corrected chi connectivity index (χ4v) is 4.23. The van der Waals surface area contributed by atoms with E-state index in [-0.39, 0.29) is 16.6 Å². The number of nitrogens with zero attached hydrogens (tertiary/aromatic N) is 1. The van der Waals surface area contributed by atoms with Gasteiger partial charge in [-0.2, -0.15) is 0 Å². The molecule has 1 aliphatic rings. The first kappa shape index (κ1) is 23.2. The van der Waals surface area contributed by atoms with Crippen LogP contribution in [0.15, 0.2) is 65.8 Å². The summed E-state index contributed by atoms with van der Waals surface area (Å²) in [5.41, 5.74) is 14.6. The minimum atomic E-state index is -0.474. The van der Waals surface area contributed by atoms with Crippen molar-refractivity contribution in [3.8, 4) is 0 Å². The average molecular weight is 556 g/mol. The molecular formula is C22H24ClFIN5O. The number of nitrogens with one attached hydrogen (secondary N) is 2. The third kappa shape index (κ3) is 6.04. The number of halogens is 3. The molecule has 0 saturated carbocycles. The molecule has 1 amide bonds. The van der Waals surface area contributed by atoms with E-state index < -0.39 is 5.82 Å². The lowest BCUT2D eigenvalue weighted by Crippen LogP contribution is -2.41. The van der Waals surface area contributed by atoms with E-state index in [1.54, 1.807) is 12.1 Å². The first-order valence-corrected chi connectivity index (χ1v) is 11.2. The summed E-state index contributed by atoms with van der Waals surface area (Å²) >= 11 is 8.31. The highest BCUT2D eigenvalue weighted by Crippen LogP contribution is 2.28. The first-order valence-electron chi connectivity index (χ1n) is 9.77. The lowest BCUT2D eigenvalue weighted by molar-refractivity contribution is -0.117. The van der Waals surface area contributed by atoms with Crippen molar-refractivity contribution in [2.24, 2.45) is 11.5 Å². The summed E-state index contributed by atoms with van der Waals surface area (Å²) in [5.74, 6) is -0.451. The number of rotatable bonds is 7. The van der Waals surface area contributed by atoms with Gasteiger partial charge in [-0.25, -0.2) is 4.39 Å². The van der Waals surface area contributed by atoms with Gasteiger partial charge in [0.15, 0.2) is 0 Å². The Bertz CT molecular complexity index is 1010. The lowest BCUT2D eigenvalue weighted by atomic mass is 10.1. The van der Waals surface area contributed by atoms with E-state index in [0.29, 0.717) is 49.7 Å². The third-order valence-electron chi connectivity index (χ3n) is 4.90. The van der Waals surface area contributed by atoms with Gasteiger partial charge < -0.3 is 27.0 Å². The summed E-state index contributed by atoms with van der Waals surface area (Å²) in [6.07, 6.45) is 2.24. The Hall–Kier alpha value is -2.46. The standard InChI is InChI=1S/C22H24ClFIN5O/c23-20-15(17(25)7-6-16(20)24)13-30-11-10-28-21(27)19(30)12-18(26)22(31)29-9-8-14-4-2-1-3-5-14/h1-7,12,28H,8-11,13,26-27H2,(H,29,31)/b18-12-. The molecule has 1 heterocycles. The van der Waals surface area contributed by atoms with Crippen LogP contribution < -0.4 is 22.1 Å². The van der Waals surface area contributed by atoms with Crippen LogP contribution in [0.25, 0.3) is 0 Å². The van der Waals surface area contributed by atoms with Crippen molar-refractivity contribution in [3.63, 3.8) is 0 Å². The second-order valence-corrected chi connectivity index (χ2v) is 8.60. The van der Waals surface area contributed by atoms with E-state index >= 15 is 0 Å². The van der Waals surface area contributed by atoms with Gasteiger partial charge in [0.2, 0.25) is 0 Å². The maximum Gasteiger partial charge on any atom is 0.267 e. The average Bonchev–Trinajstić information content (AvgIpc) is 2.76. The van der Waals surface area contributed by atoms with Gasteiger partial charge in [0.05, 0.1) is 16.4 Å². The molecule has 2 aromatic carbocycles. The van der Waals surface area contributed by atoms with Gasteiger partial charge in [0.25, 0.3) is 5.91 Å². The largest absolute Gasteiger partial charge is 0.394 e. The van der Waals surface area contributed by atoms with Gasteiger partial charge in [0.1, 0.15) is 11.6 Å². The molecule has 3 rings (SSSR count). The van der Waals surface area contributed by atoms with Crippen LogP contribution in [-0.4, -0.2) is 30.4 Å². The highest BCUT2D eigenvalue weighted by atomic mass is 127. The van der Waals surface area contributed by atoms with Crippen LogP contribution in [0.5, 0.6) is 0 Å². The molecule has 0 fully saturated rings. The Labute approximate surface area is 199 Å². The van der Waals surface area contributed by atoms with Crippen molar-refractivity contribution in [2.45, 2.75) is 13.0 Å². The molecule has 6 nitrogen and oxygen atoms in total. The molecule has 0 aliphatic carbocycles. The number of carbonyl (C=O) groups is 1. The predicted molar refractivity (Wildman–Crippen MR) is 129 cm³/mol. The van der Waals surface area contributed by atoms with Crippen molar-refractivity contribution in [3.05, 3.63) is 91.3 Å². The zero-order chi connectivity index (χ0) is 22.4. The number of hydrogen-bond acceptors (Lipinski definition) is 5. The van der Waals surface area contributed by atoms with E-state index in [0.717, 1.165) is 9.13 Å². The van der Waals surface area contributed by atoms with Crippen LogP contribution in [0.2, 0.25) is 5.02 Å². The number of allylic oxidation sites excluding steroid dienone is 1. The minimum absolute atomic E-state index is 0.0414. The molecule has 0 saturated heterocycles. The van der Waals surface area contributed by atoms with Crippen molar-refractivity contribution < 1.29 is 9.18 Å². The second kappa shape index (κ2) is 10.7. The summed E-state index contributed by atoms with van der Waals surface area (Å²) in [6.45, 7) is 2.01. The molecule has 9 heteroatoms. The lowest BCUT2D eigenvalue weighted by Gasteiger charge is -2.32. The molecule has 1 aliphatic heterocycles. The van der Waals surface area contributed by atoms with Crippen LogP contribution in [0.3, 0.4) is 0 Å². The number of carbonyl (C=O) groups excluding carboxylic acids is 1. The highest BCUT2D eigenvalue weighted by molar-refractivity contribution is 14.1. The topological polar surface area (TPSA) is 96.4 Å². The first-order chi connectivity index (χ1) is 14.9. The van der Waals surface area contributed by atoms with Crippen molar-refractivity contribution >= 4 is 40.1 Å². The summed E-state index contributed by atoms with van der Waals surface area (Å²) < 4.78 is 14.8. The molecule has 0 aromatic heterocycles. The van der Waals surface area contributed by atoms with Crippen molar-refractivity contribution in [1.29, 1.82) is 0 Å². The van der Waals surface area contributed by atoms with Crippen molar-refractivity contribution in [1.82, 2.24) is 15.5 Å². The van der Waals surface area contributed by atoms with Gasteiger partial charge >= 0.3 is 0 Å². The van der Waals surface area contributed by atoms with E-state index in [2.05, 4.69) is 33.2 Å². The van der Waals surface area contributed by atoms with Crippen LogP contribution in [-0.2, 0) is 17.8 Å². The quantitative estimate of drug-likeness (QED) is 0.239. The molecular weight excluding hydrogens is 532 g/mol. The molecule has 6 N–H and O–H groups in total. The monoisotopic (exact) mass is 555 g/mol. The number of benzene rings is 2. The molecule has 2 aromatic rings. The Kier molecular flexibility index (Phi) is 8.03. The summed E-state index contributed by atoms with van der Waals surface area (Å²) in [6, 6.07) is 12.9. The van der Waals surface area contributed by atoms with Crippen molar-refractivity contribution in [2.75, 3.05) is 19.6 Å². The molecule has 0 spiro atoms. The molecule has 0 unspecified atom stereocenters. The Balaban J connectivity index is 1.71. The molecule has 0 bridgehead atoms. The maximum absolute atomic E-state index is 14.0. The van der Waals surface area contributed by atoms with Crippen LogP contribution in [0, 0.1) is 9.39 Å². The van der Waals surface area contributed by atoms with Gasteiger partial charge in [0, 0.05) is 35.3 Å². The van der Waals surface area contributed by atoms with Crippen LogP contribution >= 0.6 is 34.2 Å². The zero-order valence-electron chi connectivity index (χ0n) is 16.8. The SMILES string of the molecule is NC1=C(/C=C(\N)C(=O)NCCc2ccccc2)N(Cc2c(I)ccc(F)c2Cl)CCN1. The maximum atomic E-state index is 14.0. The Morgan fingerprint density at radius 3 is 2.77 bits per heavy atom. The molecule has 31 heavy (non-hydrogen) atoms. The van der Waals surface area contributed by atoms with Gasteiger partial charge in [-0.05, 0) is 52.8 Å². The third-order valence-corrected chi connectivity index (χ3v) is 6.32. The summed E-state index contributed by atoms with van der Waals surface area (Å²) in [5, 5.41) is 5.97. The fourth-order valence-electron chi connectivity index (χ4n) is 3.22. The molecule has 0 radical (unpaired) electrons. The smallest absolute Gasteiger partial charge is 0.267 e. The van der Waals surface area contributed by atoms with E-state index in [4.69, 9.17) is 23.1 Å². The summed E-state index contributed by atoms with van der Waals surface area (Å²) in [4.78, 5) is 14.4. The van der Waals surface area contributed by atoms with E-state index in [1.165, 1.54) is 6.07 Å².